The number of amides is 1. The molecule has 0 spiro atoms. The highest BCUT2D eigenvalue weighted by Crippen LogP contribution is 2.20. The average Bonchev–Trinajstić information content (AvgIpc) is 2.84. The van der Waals surface area contributed by atoms with Gasteiger partial charge in [-0.2, -0.15) is 0 Å². The Kier molecular flexibility index (Phi) is 22.7. The molecule has 0 atom stereocenters. The molecule has 0 unspecified atom stereocenters. The second kappa shape index (κ2) is 23.8. The van der Waals surface area contributed by atoms with Crippen LogP contribution in [0.3, 0.4) is 0 Å². The lowest BCUT2D eigenvalue weighted by Crippen LogP contribution is -2.55. The van der Waals surface area contributed by atoms with Crippen LogP contribution in [0.25, 0.3) is 0 Å². The number of rotatable bonds is 25. The Morgan fingerprint density at radius 2 is 0.917 bits per heavy atom. The summed E-state index contributed by atoms with van der Waals surface area (Å²) in [5.41, 5.74) is -0.863. The molecule has 0 radical (unpaired) electrons. The van der Waals surface area contributed by atoms with E-state index in [1.54, 1.807) is 0 Å². The molecule has 0 bridgehead atoms. The second-order valence-electron chi connectivity index (χ2n) is 10.5. The molecule has 6 heteroatoms. The van der Waals surface area contributed by atoms with Crippen molar-refractivity contribution in [3.63, 3.8) is 0 Å². The quantitative estimate of drug-likeness (QED) is 0.0998. The Hall–Kier alpha value is -1.59. The number of carbonyl (C=O) groups excluding carboxylic acids is 3. The van der Waals surface area contributed by atoms with Crippen molar-refractivity contribution in [1.29, 1.82) is 0 Å². The van der Waals surface area contributed by atoms with Crippen molar-refractivity contribution in [1.82, 2.24) is 5.32 Å². The van der Waals surface area contributed by atoms with Gasteiger partial charge in [-0.1, -0.05) is 123 Å². The first-order valence-corrected chi connectivity index (χ1v) is 14.9. The number of unbranched alkanes of at least 4 members (excludes halogenated alkanes) is 16. The first-order chi connectivity index (χ1) is 17.3. The standard InChI is InChI=1S/C30H57NO5/c1-5-7-9-10-11-12-13-14-15-16-17-18-19-20-21-22-24-30(25-35-27(3)32,26-36-28(4)33)31-29(34)23-8-6-2/h5-26H2,1-4H3,(H,31,34). The summed E-state index contributed by atoms with van der Waals surface area (Å²) in [5, 5.41) is 3.03. The van der Waals surface area contributed by atoms with Gasteiger partial charge in [0.15, 0.2) is 0 Å². The van der Waals surface area contributed by atoms with Gasteiger partial charge >= 0.3 is 11.9 Å². The highest BCUT2D eigenvalue weighted by Gasteiger charge is 2.34. The van der Waals surface area contributed by atoms with Crippen LogP contribution in [0.1, 0.15) is 156 Å². The highest BCUT2D eigenvalue weighted by molar-refractivity contribution is 5.77. The molecule has 0 saturated carbocycles. The number of hydrogen-bond donors (Lipinski definition) is 1. The molecule has 0 aliphatic rings. The lowest BCUT2D eigenvalue weighted by Gasteiger charge is -2.33. The molecule has 0 aliphatic heterocycles. The zero-order valence-electron chi connectivity index (χ0n) is 24.1. The maximum Gasteiger partial charge on any atom is 0.302 e. The van der Waals surface area contributed by atoms with Crippen LogP contribution in [0.5, 0.6) is 0 Å². The molecule has 0 aliphatic carbocycles. The average molecular weight is 512 g/mol. The van der Waals surface area contributed by atoms with Crippen molar-refractivity contribution in [2.75, 3.05) is 13.2 Å². The molecule has 0 aromatic heterocycles. The minimum absolute atomic E-state index is 0.0201. The maximum atomic E-state index is 12.5. The van der Waals surface area contributed by atoms with Gasteiger partial charge in [0, 0.05) is 20.3 Å². The van der Waals surface area contributed by atoms with E-state index in [9.17, 15) is 14.4 Å². The Morgan fingerprint density at radius 1 is 0.556 bits per heavy atom. The van der Waals surface area contributed by atoms with E-state index in [-0.39, 0.29) is 19.1 Å². The molecule has 0 rings (SSSR count). The van der Waals surface area contributed by atoms with Gasteiger partial charge in [0.2, 0.25) is 5.91 Å². The monoisotopic (exact) mass is 511 g/mol. The topological polar surface area (TPSA) is 81.7 Å². The third-order valence-electron chi connectivity index (χ3n) is 6.77. The van der Waals surface area contributed by atoms with Crippen LogP contribution in [0.2, 0.25) is 0 Å². The van der Waals surface area contributed by atoms with E-state index in [0.717, 1.165) is 32.1 Å². The predicted molar refractivity (Wildman–Crippen MR) is 148 cm³/mol. The zero-order valence-corrected chi connectivity index (χ0v) is 24.1. The molecule has 0 aromatic carbocycles. The summed E-state index contributed by atoms with van der Waals surface area (Å²) in [4.78, 5) is 35.4. The van der Waals surface area contributed by atoms with Crippen molar-refractivity contribution in [2.24, 2.45) is 0 Å². The Morgan fingerprint density at radius 3 is 1.28 bits per heavy atom. The fourth-order valence-corrected chi connectivity index (χ4v) is 4.51. The van der Waals surface area contributed by atoms with Crippen molar-refractivity contribution in [3.05, 3.63) is 0 Å². The van der Waals surface area contributed by atoms with Crippen LogP contribution in [0.15, 0.2) is 0 Å². The van der Waals surface area contributed by atoms with Gasteiger partial charge < -0.3 is 14.8 Å². The summed E-state index contributed by atoms with van der Waals surface area (Å²) in [6.45, 7) is 7.05. The summed E-state index contributed by atoms with van der Waals surface area (Å²) in [5.74, 6) is -0.901. The third-order valence-corrected chi connectivity index (χ3v) is 6.77. The molecular formula is C30H57NO5. The molecule has 212 valence electrons. The van der Waals surface area contributed by atoms with Gasteiger partial charge in [-0.15, -0.1) is 0 Å². The van der Waals surface area contributed by atoms with Gasteiger partial charge in [0.1, 0.15) is 18.8 Å². The van der Waals surface area contributed by atoms with Gasteiger partial charge in [0.25, 0.3) is 0 Å². The zero-order chi connectivity index (χ0) is 26.9. The molecule has 6 nitrogen and oxygen atoms in total. The fraction of sp³-hybridized carbons (Fsp3) is 0.900. The molecule has 1 N–H and O–H groups in total. The summed E-state index contributed by atoms with van der Waals surface area (Å²) >= 11 is 0. The van der Waals surface area contributed by atoms with E-state index < -0.39 is 17.5 Å². The predicted octanol–water partition coefficient (Wildman–Crippen LogP) is 7.81. The van der Waals surface area contributed by atoms with Gasteiger partial charge in [-0.25, -0.2) is 0 Å². The second-order valence-corrected chi connectivity index (χ2v) is 10.5. The number of nitrogens with one attached hydrogen (secondary N) is 1. The number of esters is 2. The normalized spacial score (nSPS) is 11.3. The van der Waals surface area contributed by atoms with E-state index in [2.05, 4.69) is 12.2 Å². The van der Waals surface area contributed by atoms with E-state index >= 15 is 0 Å². The van der Waals surface area contributed by atoms with Crippen molar-refractivity contribution in [2.45, 2.75) is 162 Å². The van der Waals surface area contributed by atoms with Crippen LogP contribution >= 0.6 is 0 Å². The highest BCUT2D eigenvalue weighted by atomic mass is 16.5. The van der Waals surface area contributed by atoms with Gasteiger partial charge in [0.05, 0.1) is 0 Å². The molecule has 0 saturated heterocycles. The summed E-state index contributed by atoms with van der Waals surface area (Å²) in [6.07, 6.45) is 23.5. The first-order valence-electron chi connectivity index (χ1n) is 14.9. The molecule has 36 heavy (non-hydrogen) atoms. The molecule has 1 amide bonds. The van der Waals surface area contributed by atoms with Crippen LogP contribution in [-0.4, -0.2) is 36.6 Å². The Bertz CT molecular complexity index is 546. The number of hydrogen-bond acceptors (Lipinski definition) is 5. The molecule has 0 aromatic rings. The fourth-order valence-electron chi connectivity index (χ4n) is 4.51. The van der Waals surface area contributed by atoms with Gasteiger partial charge in [-0.05, 0) is 12.8 Å². The van der Waals surface area contributed by atoms with Crippen molar-refractivity contribution in [3.8, 4) is 0 Å². The molecule has 0 heterocycles. The lowest BCUT2D eigenvalue weighted by atomic mass is 9.92. The van der Waals surface area contributed by atoms with E-state index in [1.165, 1.54) is 97.3 Å². The largest absolute Gasteiger partial charge is 0.463 e. The minimum Gasteiger partial charge on any atom is -0.463 e. The minimum atomic E-state index is -0.863. The SMILES string of the molecule is CCCCCCCCCCCCCCCCCCC(COC(C)=O)(COC(C)=O)NC(=O)CCCC. The van der Waals surface area contributed by atoms with Crippen LogP contribution < -0.4 is 5.32 Å². The number of carbonyl (C=O) groups is 3. The van der Waals surface area contributed by atoms with Crippen LogP contribution in [-0.2, 0) is 23.9 Å². The molecular weight excluding hydrogens is 454 g/mol. The van der Waals surface area contributed by atoms with Gasteiger partial charge in [-0.3, -0.25) is 14.4 Å². The summed E-state index contributed by atoms with van der Waals surface area (Å²) in [6, 6.07) is 0. The Labute approximate surface area is 222 Å². The van der Waals surface area contributed by atoms with Crippen LogP contribution in [0, 0.1) is 0 Å². The first kappa shape index (κ1) is 34.4. The molecule has 0 fully saturated rings. The Balaban J connectivity index is 4.21. The smallest absolute Gasteiger partial charge is 0.302 e. The van der Waals surface area contributed by atoms with Crippen molar-refractivity contribution < 1.29 is 23.9 Å². The summed E-state index contributed by atoms with van der Waals surface area (Å²) < 4.78 is 10.6. The van der Waals surface area contributed by atoms with E-state index in [4.69, 9.17) is 9.47 Å². The van der Waals surface area contributed by atoms with Crippen LogP contribution in [0.4, 0.5) is 0 Å². The summed E-state index contributed by atoms with van der Waals surface area (Å²) in [7, 11) is 0. The van der Waals surface area contributed by atoms with Crippen molar-refractivity contribution >= 4 is 17.8 Å². The number of ether oxygens (including phenoxy) is 2. The maximum absolute atomic E-state index is 12.5. The van der Waals surface area contributed by atoms with E-state index in [0.29, 0.717) is 12.8 Å². The third kappa shape index (κ3) is 21.7. The lowest BCUT2D eigenvalue weighted by molar-refractivity contribution is -0.150. The van der Waals surface area contributed by atoms with E-state index in [1.807, 2.05) is 6.92 Å².